The van der Waals surface area contributed by atoms with E-state index in [1.807, 2.05) is 13.8 Å². The van der Waals surface area contributed by atoms with Crippen molar-refractivity contribution in [2.45, 2.75) is 126 Å². The Morgan fingerprint density at radius 1 is 0.783 bits per heavy atom. The highest BCUT2D eigenvalue weighted by Crippen LogP contribution is 2.37. The monoisotopic (exact) mass is 324 g/mol. The average molecular weight is 325 g/mol. The van der Waals surface area contributed by atoms with Crippen LogP contribution in [0.5, 0.6) is 0 Å². The quantitative estimate of drug-likeness (QED) is 0.487. The van der Waals surface area contributed by atoms with E-state index in [0.717, 1.165) is 17.8 Å². The Morgan fingerprint density at radius 2 is 1.30 bits per heavy atom. The Bertz CT molecular complexity index is 230. The van der Waals surface area contributed by atoms with Crippen LogP contribution in [-0.4, -0.2) is 0 Å². The average Bonchev–Trinajstić information content (AvgIpc) is 2.57. The fourth-order valence-electron chi connectivity index (χ4n) is 4.08. The van der Waals surface area contributed by atoms with Crippen LogP contribution in [0.25, 0.3) is 0 Å². The molecule has 2 saturated carbocycles. The molecule has 0 aliphatic heterocycles. The van der Waals surface area contributed by atoms with Crippen LogP contribution in [0.15, 0.2) is 0 Å². The Hall–Kier alpha value is 0. The van der Waals surface area contributed by atoms with E-state index in [4.69, 9.17) is 0 Å². The summed E-state index contributed by atoms with van der Waals surface area (Å²) in [4.78, 5) is 0. The highest BCUT2D eigenvalue weighted by atomic mass is 14.3. The van der Waals surface area contributed by atoms with Crippen molar-refractivity contribution in [2.75, 3.05) is 0 Å². The molecule has 0 saturated heterocycles. The molecular weight excluding hydrogens is 276 g/mol. The van der Waals surface area contributed by atoms with E-state index >= 15 is 0 Å². The molecule has 0 unspecified atom stereocenters. The van der Waals surface area contributed by atoms with Gasteiger partial charge < -0.3 is 0 Å². The summed E-state index contributed by atoms with van der Waals surface area (Å²) in [6.07, 6.45) is 17.7. The van der Waals surface area contributed by atoms with E-state index < -0.39 is 0 Å². The number of unbranched alkanes of at least 4 members (excludes halogenated alkanes) is 1. The maximum Gasteiger partial charge on any atom is -0.0354 e. The van der Waals surface area contributed by atoms with Gasteiger partial charge in [0.2, 0.25) is 0 Å². The smallest absolute Gasteiger partial charge is 0.0354 e. The summed E-state index contributed by atoms with van der Waals surface area (Å²) in [6.45, 7) is 15.8. The standard InChI is InChI=1S/C11H22.C10H20.C2H6/c1-3-4-5-11-8-6-10(2)7-9-11;1-10(2,3)9-7-5-4-6-8-9;1-2/h10-11H,3-9H2,1-2H3;9H,4-8H2,1-3H3;1-2H3. The van der Waals surface area contributed by atoms with Crippen LogP contribution in [0.1, 0.15) is 126 Å². The lowest BCUT2D eigenvalue weighted by molar-refractivity contribution is 0.180. The molecule has 2 rings (SSSR count). The third kappa shape index (κ3) is 11.2. The fraction of sp³-hybridized carbons (Fsp3) is 1.00. The molecular formula is C23H48. The first-order valence-corrected chi connectivity index (χ1v) is 10.9. The van der Waals surface area contributed by atoms with E-state index in [1.165, 1.54) is 77.0 Å². The van der Waals surface area contributed by atoms with Crippen molar-refractivity contribution in [3.63, 3.8) is 0 Å². The summed E-state index contributed by atoms with van der Waals surface area (Å²) >= 11 is 0. The second-order valence-electron chi connectivity index (χ2n) is 8.97. The van der Waals surface area contributed by atoms with Crippen LogP contribution in [0, 0.1) is 23.2 Å². The molecule has 0 radical (unpaired) electrons. The van der Waals surface area contributed by atoms with Crippen molar-refractivity contribution < 1.29 is 0 Å². The van der Waals surface area contributed by atoms with E-state index in [2.05, 4.69) is 34.6 Å². The first-order valence-electron chi connectivity index (χ1n) is 10.9. The molecule has 2 aliphatic carbocycles. The van der Waals surface area contributed by atoms with Crippen LogP contribution in [0.3, 0.4) is 0 Å². The van der Waals surface area contributed by atoms with Crippen molar-refractivity contribution in [1.82, 2.24) is 0 Å². The molecule has 0 amide bonds. The van der Waals surface area contributed by atoms with Gasteiger partial charge in [-0.25, -0.2) is 0 Å². The summed E-state index contributed by atoms with van der Waals surface area (Å²) < 4.78 is 0. The van der Waals surface area contributed by atoms with Crippen molar-refractivity contribution in [1.29, 1.82) is 0 Å². The Balaban J connectivity index is 0.000000381. The van der Waals surface area contributed by atoms with Crippen LogP contribution in [-0.2, 0) is 0 Å². The molecule has 2 fully saturated rings. The fourth-order valence-corrected chi connectivity index (χ4v) is 4.08. The molecule has 0 bridgehead atoms. The van der Waals surface area contributed by atoms with Gasteiger partial charge in [-0.3, -0.25) is 0 Å². The zero-order chi connectivity index (χ0) is 17.7. The van der Waals surface area contributed by atoms with Gasteiger partial charge in [-0.05, 0) is 36.0 Å². The van der Waals surface area contributed by atoms with Gasteiger partial charge in [0.1, 0.15) is 0 Å². The lowest BCUT2D eigenvalue weighted by Crippen LogP contribution is -2.22. The van der Waals surface area contributed by atoms with Crippen molar-refractivity contribution in [3.05, 3.63) is 0 Å². The molecule has 0 N–H and O–H groups in total. The van der Waals surface area contributed by atoms with Gasteiger partial charge in [0.25, 0.3) is 0 Å². The van der Waals surface area contributed by atoms with Gasteiger partial charge >= 0.3 is 0 Å². The van der Waals surface area contributed by atoms with Crippen molar-refractivity contribution in [3.8, 4) is 0 Å². The molecule has 0 aromatic carbocycles. The lowest BCUT2D eigenvalue weighted by atomic mass is 9.72. The van der Waals surface area contributed by atoms with Crippen molar-refractivity contribution >= 4 is 0 Å². The third-order valence-electron chi connectivity index (χ3n) is 5.93. The van der Waals surface area contributed by atoms with Gasteiger partial charge in [0.05, 0.1) is 0 Å². The predicted molar refractivity (Wildman–Crippen MR) is 108 cm³/mol. The molecule has 23 heavy (non-hydrogen) atoms. The molecule has 0 nitrogen and oxygen atoms in total. The van der Waals surface area contributed by atoms with Gasteiger partial charge in [0.15, 0.2) is 0 Å². The molecule has 0 spiro atoms. The molecule has 0 heterocycles. The number of hydrogen-bond acceptors (Lipinski definition) is 0. The van der Waals surface area contributed by atoms with Gasteiger partial charge in [-0.1, -0.05) is 113 Å². The third-order valence-corrected chi connectivity index (χ3v) is 5.93. The van der Waals surface area contributed by atoms with Crippen LogP contribution < -0.4 is 0 Å². The first-order chi connectivity index (χ1) is 10.9. The minimum Gasteiger partial charge on any atom is -0.0683 e. The summed E-state index contributed by atoms with van der Waals surface area (Å²) in [5.74, 6) is 3.11. The maximum atomic E-state index is 2.40. The van der Waals surface area contributed by atoms with Crippen LogP contribution in [0.4, 0.5) is 0 Å². The molecule has 0 aromatic rings. The van der Waals surface area contributed by atoms with E-state index in [1.54, 1.807) is 0 Å². The van der Waals surface area contributed by atoms with E-state index in [-0.39, 0.29) is 0 Å². The first kappa shape index (κ1) is 23.0. The van der Waals surface area contributed by atoms with E-state index in [9.17, 15) is 0 Å². The second kappa shape index (κ2) is 13.3. The van der Waals surface area contributed by atoms with Crippen molar-refractivity contribution in [2.24, 2.45) is 23.2 Å². The van der Waals surface area contributed by atoms with Gasteiger partial charge in [0, 0.05) is 0 Å². The zero-order valence-electron chi connectivity index (χ0n) is 17.7. The Morgan fingerprint density at radius 3 is 1.70 bits per heavy atom. The zero-order valence-corrected chi connectivity index (χ0v) is 17.7. The van der Waals surface area contributed by atoms with Gasteiger partial charge in [-0.15, -0.1) is 0 Å². The maximum absolute atomic E-state index is 2.40. The highest BCUT2D eigenvalue weighted by Gasteiger charge is 2.25. The Kier molecular flexibility index (Phi) is 13.3. The predicted octanol–water partition coefficient (Wildman–Crippen LogP) is 8.64. The molecule has 140 valence electrons. The second-order valence-corrected chi connectivity index (χ2v) is 8.97. The summed E-state index contributed by atoms with van der Waals surface area (Å²) in [7, 11) is 0. The summed E-state index contributed by atoms with van der Waals surface area (Å²) in [5.41, 5.74) is 0.570. The summed E-state index contributed by atoms with van der Waals surface area (Å²) in [5, 5.41) is 0. The van der Waals surface area contributed by atoms with Crippen LogP contribution in [0.2, 0.25) is 0 Å². The Labute approximate surface area is 149 Å². The molecule has 2 aliphatic rings. The highest BCUT2D eigenvalue weighted by molar-refractivity contribution is 4.76. The number of rotatable bonds is 3. The molecule has 0 atom stereocenters. The lowest BCUT2D eigenvalue weighted by Gasteiger charge is -2.33. The molecule has 0 aromatic heterocycles. The van der Waals surface area contributed by atoms with Crippen LogP contribution >= 0.6 is 0 Å². The largest absolute Gasteiger partial charge is 0.0683 e. The summed E-state index contributed by atoms with van der Waals surface area (Å²) in [6, 6.07) is 0. The van der Waals surface area contributed by atoms with Gasteiger partial charge in [-0.2, -0.15) is 0 Å². The van der Waals surface area contributed by atoms with E-state index in [0.29, 0.717) is 5.41 Å². The minimum absolute atomic E-state index is 0.570. The minimum atomic E-state index is 0.570. The number of hydrogen-bond donors (Lipinski definition) is 0. The normalized spacial score (nSPS) is 25.7. The topological polar surface area (TPSA) is 0 Å². The SMILES string of the molecule is CC.CC(C)(C)C1CCCCC1.CCCCC1CCC(C)CC1. The molecule has 0 heteroatoms.